The van der Waals surface area contributed by atoms with Crippen LogP contribution in [0, 0.1) is 23.3 Å². The molecule has 1 heterocycles. The topological polar surface area (TPSA) is 46.9 Å². The number of benzene rings is 2. The Bertz CT molecular complexity index is 1140. The number of aryl methyl sites for hydroxylation is 1. The highest BCUT2D eigenvalue weighted by molar-refractivity contribution is 6.04. The van der Waals surface area contributed by atoms with Gasteiger partial charge < -0.3 is 5.32 Å². The summed E-state index contributed by atoms with van der Waals surface area (Å²) in [5.74, 6) is -8.98. The number of carbonyl (C=O) groups is 1. The van der Waals surface area contributed by atoms with E-state index >= 15 is 0 Å². The van der Waals surface area contributed by atoms with E-state index in [0.717, 1.165) is 35.0 Å². The summed E-state index contributed by atoms with van der Waals surface area (Å²) in [5.41, 5.74) is -2.57. The standard InChI is InChI=1S/C20H13F6N3O.H2/c1-3-20(25,26)17-9-16(29(2)28-17)18-14(23)7-11(8-15(18)24)27-19(30)12-5-4-10(21)6-13(12)22;/h3-9H,1H2,2H3,(H,27,30);1H. The summed E-state index contributed by atoms with van der Waals surface area (Å²) in [6.07, 6.45) is 0.346. The van der Waals surface area contributed by atoms with Crippen LogP contribution in [-0.2, 0) is 13.0 Å². The van der Waals surface area contributed by atoms with E-state index in [0.29, 0.717) is 12.1 Å². The first kappa shape index (κ1) is 21.2. The van der Waals surface area contributed by atoms with Gasteiger partial charge in [0.05, 0.1) is 16.8 Å². The molecule has 0 atom stereocenters. The molecule has 0 unspecified atom stereocenters. The maximum atomic E-state index is 14.6. The van der Waals surface area contributed by atoms with Crippen LogP contribution in [0.25, 0.3) is 11.3 Å². The van der Waals surface area contributed by atoms with Crippen molar-refractivity contribution in [3.63, 3.8) is 0 Å². The molecular weight excluding hydrogens is 412 g/mol. The highest BCUT2D eigenvalue weighted by Crippen LogP contribution is 2.34. The molecule has 2 aromatic carbocycles. The molecule has 1 amide bonds. The predicted molar refractivity (Wildman–Crippen MR) is 99.1 cm³/mol. The van der Waals surface area contributed by atoms with Gasteiger partial charge in [-0.25, -0.2) is 17.6 Å². The zero-order valence-electron chi connectivity index (χ0n) is 15.3. The van der Waals surface area contributed by atoms with Gasteiger partial charge in [0.1, 0.15) is 29.0 Å². The molecule has 1 aromatic heterocycles. The van der Waals surface area contributed by atoms with Crippen LogP contribution in [0.5, 0.6) is 0 Å². The summed E-state index contributed by atoms with van der Waals surface area (Å²) >= 11 is 0. The minimum atomic E-state index is -3.50. The second-order valence-electron chi connectivity index (χ2n) is 6.26. The SMILES string of the molecule is C=CC(F)(F)c1cc(-c2c(F)cc(NC(=O)c3ccc(F)cc3F)cc2F)n(C)n1.[HH]. The third-order valence-electron chi connectivity index (χ3n) is 4.21. The van der Waals surface area contributed by atoms with Crippen LogP contribution in [0.1, 0.15) is 17.5 Å². The third kappa shape index (κ3) is 3.93. The highest BCUT2D eigenvalue weighted by Gasteiger charge is 2.32. The smallest absolute Gasteiger partial charge is 0.309 e. The van der Waals surface area contributed by atoms with Crippen LogP contribution >= 0.6 is 0 Å². The molecule has 4 nitrogen and oxygen atoms in total. The molecule has 0 radical (unpaired) electrons. The highest BCUT2D eigenvalue weighted by atomic mass is 19.3. The molecule has 30 heavy (non-hydrogen) atoms. The van der Waals surface area contributed by atoms with Crippen molar-refractivity contribution in [1.82, 2.24) is 9.78 Å². The number of anilines is 1. The van der Waals surface area contributed by atoms with Gasteiger partial charge in [0, 0.05) is 20.2 Å². The summed E-state index contributed by atoms with van der Waals surface area (Å²) in [4.78, 5) is 12.1. The Kier molecular flexibility index (Phi) is 5.43. The van der Waals surface area contributed by atoms with Crippen molar-refractivity contribution in [1.29, 1.82) is 0 Å². The molecule has 0 saturated carbocycles. The van der Waals surface area contributed by atoms with Gasteiger partial charge in [-0.1, -0.05) is 6.58 Å². The van der Waals surface area contributed by atoms with Gasteiger partial charge in [-0.15, -0.1) is 0 Å². The molecule has 1 N–H and O–H groups in total. The lowest BCUT2D eigenvalue weighted by molar-refractivity contribution is 0.0470. The number of alkyl halides is 2. The van der Waals surface area contributed by atoms with Crippen LogP contribution in [0.4, 0.5) is 32.0 Å². The summed E-state index contributed by atoms with van der Waals surface area (Å²) in [5, 5.41) is 5.65. The molecule has 0 fully saturated rings. The van der Waals surface area contributed by atoms with E-state index in [2.05, 4.69) is 17.0 Å². The molecule has 0 bridgehead atoms. The lowest BCUT2D eigenvalue weighted by Crippen LogP contribution is -2.14. The fraction of sp³-hybridized carbons (Fsp3) is 0.100. The van der Waals surface area contributed by atoms with Crippen LogP contribution < -0.4 is 5.32 Å². The Morgan fingerprint density at radius 3 is 2.30 bits per heavy atom. The van der Waals surface area contributed by atoms with Crippen molar-refractivity contribution >= 4 is 11.6 Å². The van der Waals surface area contributed by atoms with E-state index in [1.807, 2.05) is 0 Å². The van der Waals surface area contributed by atoms with Gasteiger partial charge in [0.15, 0.2) is 0 Å². The minimum absolute atomic E-state index is 0. The number of amides is 1. The Hall–Kier alpha value is -3.56. The van der Waals surface area contributed by atoms with Crippen molar-refractivity contribution in [2.45, 2.75) is 5.92 Å². The van der Waals surface area contributed by atoms with Crippen molar-refractivity contribution in [2.75, 3.05) is 5.32 Å². The average molecular weight is 427 g/mol. The first-order valence-corrected chi connectivity index (χ1v) is 8.35. The summed E-state index contributed by atoms with van der Waals surface area (Å²) in [6, 6.07) is 4.49. The molecule has 0 aliphatic rings. The molecule has 3 aromatic rings. The maximum Gasteiger partial charge on any atom is 0.309 e. The van der Waals surface area contributed by atoms with E-state index in [-0.39, 0.29) is 12.8 Å². The number of allylic oxidation sites excluding steroid dienone is 1. The van der Waals surface area contributed by atoms with E-state index in [9.17, 15) is 31.1 Å². The first-order chi connectivity index (χ1) is 14.0. The van der Waals surface area contributed by atoms with Gasteiger partial charge in [-0.3, -0.25) is 9.48 Å². The van der Waals surface area contributed by atoms with Gasteiger partial charge in [-0.2, -0.15) is 13.9 Å². The molecule has 10 heteroatoms. The molecule has 0 aliphatic heterocycles. The summed E-state index contributed by atoms with van der Waals surface area (Å²) < 4.78 is 84.2. The van der Waals surface area contributed by atoms with Crippen molar-refractivity contribution < 1.29 is 32.6 Å². The quantitative estimate of drug-likeness (QED) is 0.437. The monoisotopic (exact) mass is 427 g/mol. The lowest BCUT2D eigenvalue weighted by Gasteiger charge is -2.10. The number of halogens is 6. The zero-order valence-corrected chi connectivity index (χ0v) is 15.3. The number of aromatic nitrogens is 2. The summed E-state index contributed by atoms with van der Waals surface area (Å²) in [6.45, 7) is 3.00. The van der Waals surface area contributed by atoms with Crippen LogP contribution in [-0.4, -0.2) is 15.7 Å². The third-order valence-corrected chi connectivity index (χ3v) is 4.21. The van der Waals surface area contributed by atoms with Crippen molar-refractivity contribution in [3.05, 3.63) is 83.6 Å². The largest absolute Gasteiger partial charge is 0.322 e. The van der Waals surface area contributed by atoms with Gasteiger partial charge >= 0.3 is 5.92 Å². The maximum absolute atomic E-state index is 14.6. The molecule has 0 spiro atoms. The summed E-state index contributed by atoms with van der Waals surface area (Å²) in [7, 11) is 1.23. The van der Waals surface area contributed by atoms with Crippen LogP contribution in [0.2, 0.25) is 0 Å². The number of nitrogens with one attached hydrogen (secondary N) is 1. The Balaban J connectivity index is 0.00000341. The van der Waals surface area contributed by atoms with Gasteiger partial charge in [0.2, 0.25) is 0 Å². The van der Waals surface area contributed by atoms with Crippen molar-refractivity contribution in [3.8, 4) is 11.3 Å². The lowest BCUT2D eigenvalue weighted by atomic mass is 10.1. The molecule has 3 rings (SSSR count). The fourth-order valence-electron chi connectivity index (χ4n) is 2.73. The second kappa shape index (κ2) is 7.69. The molecular formula is C20H15F6N3O. The minimum Gasteiger partial charge on any atom is -0.322 e. The number of hydrogen-bond acceptors (Lipinski definition) is 2. The van der Waals surface area contributed by atoms with E-state index in [1.54, 1.807) is 0 Å². The Morgan fingerprint density at radius 1 is 1.10 bits per heavy atom. The van der Waals surface area contributed by atoms with Crippen LogP contribution in [0.15, 0.2) is 49.1 Å². The second-order valence-corrected chi connectivity index (χ2v) is 6.26. The Morgan fingerprint density at radius 2 is 1.73 bits per heavy atom. The molecule has 158 valence electrons. The number of hydrogen-bond donors (Lipinski definition) is 1. The van der Waals surface area contributed by atoms with Crippen LogP contribution in [0.3, 0.4) is 0 Å². The number of rotatable bonds is 5. The molecule has 0 aliphatic carbocycles. The van der Waals surface area contributed by atoms with E-state index in [4.69, 9.17) is 0 Å². The normalized spacial score (nSPS) is 11.4. The number of carbonyl (C=O) groups excluding carboxylic acids is 1. The average Bonchev–Trinajstić information content (AvgIpc) is 3.03. The van der Waals surface area contributed by atoms with Crippen molar-refractivity contribution in [2.24, 2.45) is 7.05 Å². The fourth-order valence-corrected chi connectivity index (χ4v) is 2.73. The van der Waals surface area contributed by atoms with E-state index < -0.39 is 51.9 Å². The number of nitrogens with zero attached hydrogens (tertiary/aromatic N) is 2. The first-order valence-electron chi connectivity index (χ1n) is 8.35. The predicted octanol–water partition coefficient (Wildman–Crippen LogP) is 5.42. The van der Waals surface area contributed by atoms with Gasteiger partial charge in [-0.05, 0) is 36.4 Å². The van der Waals surface area contributed by atoms with E-state index in [1.165, 1.54) is 7.05 Å². The van der Waals surface area contributed by atoms with Gasteiger partial charge in [0.25, 0.3) is 5.91 Å². The zero-order chi connectivity index (χ0) is 22.2. The Labute approximate surface area is 167 Å². The molecule has 0 saturated heterocycles.